The topological polar surface area (TPSA) is 103 Å². The van der Waals surface area contributed by atoms with E-state index in [0.717, 1.165) is 17.8 Å². The van der Waals surface area contributed by atoms with Gasteiger partial charge in [-0.1, -0.05) is 18.2 Å². The van der Waals surface area contributed by atoms with Gasteiger partial charge in [-0.05, 0) is 32.0 Å². The summed E-state index contributed by atoms with van der Waals surface area (Å²) in [6, 6.07) is 12.4. The van der Waals surface area contributed by atoms with E-state index in [1.807, 2.05) is 6.07 Å². The number of esters is 1. The first-order valence-corrected chi connectivity index (χ1v) is 9.57. The number of carbonyl (C=O) groups excluding carboxylic acids is 2. The Morgan fingerprint density at radius 3 is 2.45 bits per heavy atom. The van der Waals surface area contributed by atoms with Crippen molar-refractivity contribution in [3.05, 3.63) is 80.8 Å². The van der Waals surface area contributed by atoms with E-state index in [-0.39, 0.29) is 23.4 Å². The van der Waals surface area contributed by atoms with Gasteiger partial charge in [-0.3, -0.25) is 19.8 Å². The minimum atomic E-state index is -0.735. The van der Waals surface area contributed by atoms with E-state index in [4.69, 9.17) is 4.74 Å². The van der Waals surface area contributed by atoms with Gasteiger partial charge in [0.1, 0.15) is 0 Å². The molecule has 0 fully saturated rings. The van der Waals surface area contributed by atoms with Crippen LogP contribution >= 0.6 is 11.3 Å². The molecule has 0 saturated heterocycles. The number of amides is 1. The third kappa shape index (κ3) is 4.46. The van der Waals surface area contributed by atoms with Gasteiger partial charge in [0, 0.05) is 23.1 Å². The van der Waals surface area contributed by atoms with E-state index < -0.39 is 16.8 Å². The van der Waals surface area contributed by atoms with E-state index in [2.05, 4.69) is 4.98 Å². The molecule has 1 aromatic heterocycles. The molecule has 3 aromatic rings. The fourth-order valence-corrected chi connectivity index (χ4v) is 3.46. The Kier molecular flexibility index (Phi) is 5.99. The molecule has 148 valence electrons. The van der Waals surface area contributed by atoms with Crippen molar-refractivity contribution in [2.24, 2.45) is 0 Å². The van der Waals surface area contributed by atoms with Crippen LogP contribution in [0.2, 0.25) is 0 Å². The van der Waals surface area contributed by atoms with E-state index in [1.165, 1.54) is 22.3 Å². The van der Waals surface area contributed by atoms with E-state index in [1.54, 1.807) is 43.5 Å². The number of hydrogen-bond donors (Lipinski definition) is 0. The summed E-state index contributed by atoms with van der Waals surface area (Å²) in [4.78, 5) is 41.9. The van der Waals surface area contributed by atoms with Crippen molar-refractivity contribution >= 4 is 39.7 Å². The summed E-state index contributed by atoms with van der Waals surface area (Å²) in [5, 5.41) is 13.6. The summed E-state index contributed by atoms with van der Waals surface area (Å²) in [6.45, 7) is 3.54. The monoisotopic (exact) mass is 411 g/mol. The normalized spacial score (nSPS) is 10.4. The molecule has 0 unspecified atom stereocenters. The molecule has 0 aliphatic rings. The second kappa shape index (κ2) is 8.61. The maximum Gasteiger partial charge on any atom is 0.338 e. The van der Waals surface area contributed by atoms with Crippen LogP contribution in [-0.2, 0) is 4.74 Å². The van der Waals surface area contributed by atoms with Crippen molar-refractivity contribution in [1.29, 1.82) is 0 Å². The van der Waals surface area contributed by atoms with Crippen molar-refractivity contribution in [3.8, 4) is 0 Å². The highest BCUT2D eigenvalue weighted by atomic mass is 32.1. The molecule has 0 atom stereocenters. The van der Waals surface area contributed by atoms with Crippen molar-refractivity contribution < 1.29 is 19.2 Å². The van der Waals surface area contributed by atoms with Gasteiger partial charge in [0.2, 0.25) is 0 Å². The fourth-order valence-electron chi connectivity index (χ4n) is 2.64. The Morgan fingerprint density at radius 2 is 1.86 bits per heavy atom. The maximum atomic E-state index is 13.4. The van der Waals surface area contributed by atoms with Crippen molar-refractivity contribution in [2.45, 2.75) is 13.8 Å². The van der Waals surface area contributed by atoms with Crippen molar-refractivity contribution in [1.82, 2.24) is 4.98 Å². The molecule has 0 radical (unpaired) electrons. The van der Waals surface area contributed by atoms with Crippen LogP contribution in [0.1, 0.15) is 33.3 Å². The van der Waals surface area contributed by atoms with Gasteiger partial charge in [-0.25, -0.2) is 9.78 Å². The predicted molar refractivity (Wildman–Crippen MR) is 109 cm³/mol. The summed E-state index contributed by atoms with van der Waals surface area (Å²) in [5.74, 6) is -1.28. The number of carbonyl (C=O) groups is 2. The smallest absolute Gasteiger partial charge is 0.338 e. The quantitative estimate of drug-likeness (QED) is 0.336. The number of para-hydroxylation sites is 1. The lowest BCUT2D eigenvalue weighted by Gasteiger charge is -2.20. The van der Waals surface area contributed by atoms with Crippen LogP contribution in [0.3, 0.4) is 0 Å². The van der Waals surface area contributed by atoms with E-state index >= 15 is 0 Å². The number of nitrogens with zero attached hydrogens (tertiary/aromatic N) is 3. The van der Waals surface area contributed by atoms with Gasteiger partial charge in [-0.2, -0.15) is 0 Å². The number of thiazole rings is 1. The van der Waals surface area contributed by atoms with Crippen LogP contribution in [0.25, 0.3) is 0 Å². The largest absolute Gasteiger partial charge is 0.462 e. The second-order valence-electron chi connectivity index (χ2n) is 5.99. The number of aromatic nitrogens is 1. The van der Waals surface area contributed by atoms with Crippen LogP contribution in [0, 0.1) is 17.0 Å². The standard InChI is InChI=1S/C20H17N3O5S/c1-3-28-19(25)15-9-14(10-17(11-15)23(26)27)18(24)22(16-7-5-4-6-8-16)20-21-13(2)12-29-20/h4-12H,3H2,1-2H3. The summed E-state index contributed by atoms with van der Waals surface area (Å²) in [6.07, 6.45) is 0. The molecule has 1 amide bonds. The van der Waals surface area contributed by atoms with Gasteiger partial charge in [0.25, 0.3) is 11.6 Å². The highest BCUT2D eigenvalue weighted by Crippen LogP contribution is 2.31. The number of hydrogen-bond acceptors (Lipinski definition) is 7. The van der Waals surface area contributed by atoms with Crippen LogP contribution in [-0.4, -0.2) is 28.4 Å². The molecular weight excluding hydrogens is 394 g/mol. The number of anilines is 2. The number of nitro groups is 1. The number of ether oxygens (including phenoxy) is 1. The SMILES string of the molecule is CCOC(=O)c1cc(C(=O)N(c2ccccc2)c2nc(C)cs2)cc([N+](=O)[O-])c1. The van der Waals surface area contributed by atoms with Gasteiger partial charge < -0.3 is 4.74 Å². The first-order valence-electron chi connectivity index (χ1n) is 8.69. The fraction of sp³-hybridized carbons (Fsp3) is 0.150. The highest BCUT2D eigenvalue weighted by Gasteiger charge is 2.26. The van der Waals surface area contributed by atoms with Crippen molar-refractivity contribution in [3.63, 3.8) is 0 Å². The second-order valence-corrected chi connectivity index (χ2v) is 6.83. The van der Waals surface area contributed by atoms with Gasteiger partial charge in [-0.15, -0.1) is 11.3 Å². The average molecular weight is 411 g/mol. The molecule has 0 saturated carbocycles. The average Bonchev–Trinajstić information content (AvgIpc) is 3.14. The lowest BCUT2D eigenvalue weighted by Crippen LogP contribution is -2.26. The minimum Gasteiger partial charge on any atom is -0.462 e. The molecule has 8 nitrogen and oxygen atoms in total. The van der Waals surface area contributed by atoms with Gasteiger partial charge in [0.15, 0.2) is 5.13 Å². The predicted octanol–water partition coefficient (Wildman–Crippen LogP) is 4.51. The Bertz CT molecular complexity index is 1060. The first kappa shape index (κ1) is 20.2. The molecule has 2 aromatic carbocycles. The number of non-ortho nitro benzene ring substituents is 1. The summed E-state index contributed by atoms with van der Waals surface area (Å²) < 4.78 is 4.93. The first-order chi connectivity index (χ1) is 13.9. The number of benzene rings is 2. The zero-order valence-corrected chi connectivity index (χ0v) is 16.5. The van der Waals surface area contributed by atoms with E-state index in [0.29, 0.717) is 10.8 Å². The summed E-state index contributed by atoms with van der Waals surface area (Å²) >= 11 is 1.27. The van der Waals surface area contributed by atoms with Crippen LogP contribution in [0.15, 0.2) is 53.9 Å². The summed E-state index contributed by atoms with van der Waals surface area (Å²) in [7, 11) is 0. The maximum absolute atomic E-state index is 13.4. The number of aryl methyl sites for hydroxylation is 1. The number of nitro benzene ring substituents is 1. The number of rotatable bonds is 6. The van der Waals surface area contributed by atoms with E-state index in [9.17, 15) is 19.7 Å². The molecule has 0 aliphatic carbocycles. The Morgan fingerprint density at radius 1 is 1.17 bits per heavy atom. The van der Waals surface area contributed by atoms with Crippen LogP contribution in [0.4, 0.5) is 16.5 Å². The lowest BCUT2D eigenvalue weighted by molar-refractivity contribution is -0.384. The zero-order chi connectivity index (χ0) is 21.0. The van der Waals surface area contributed by atoms with Crippen molar-refractivity contribution in [2.75, 3.05) is 11.5 Å². The zero-order valence-electron chi connectivity index (χ0n) is 15.7. The molecule has 29 heavy (non-hydrogen) atoms. The molecule has 0 aliphatic heterocycles. The minimum absolute atomic E-state index is 0.0149. The molecule has 0 bridgehead atoms. The van der Waals surface area contributed by atoms with Crippen LogP contribution < -0.4 is 4.90 Å². The Labute approximate surface area is 170 Å². The third-order valence-electron chi connectivity index (χ3n) is 3.90. The molecular formula is C20H17N3O5S. The molecule has 1 heterocycles. The molecule has 0 N–H and O–H groups in total. The highest BCUT2D eigenvalue weighted by molar-refractivity contribution is 7.14. The molecule has 3 rings (SSSR count). The van der Waals surface area contributed by atoms with Crippen LogP contribution in [0.5, 0.6) is 0 Å². The molecule has 0 spiro atoms. The Hall–Kier alpha value is -3.59. The Balaban J connectivity index is 2.12. The summed E-state index contributed by atoms with van der Waals surface area (Å²) in [5.41, 5.74) is 0.843. The van der Waals surface area contributed by atoms with Gasteiger partial charge >= 0.3 is 5.97 Å². The lowest BCUT2D eigenvalue weighted by atomic mass is 10.1. The third-order valence-corrected chi connectivity index (χ3v) is 4.85. The van der Waals surface area contributed by atoms with Gasteiger partial charge in [0.05, 0.1) is 28.5 Å². The molecule has 9 heteroatoms.